The summed E-state index contributed by atoms with van der Waals surface area (Å²) in [6.07, 6.45) is 0.354. The molecule has 1 aliphatic carbocycles. The molecule has 4 heteroatoms. The molecule has 1 N–H and O–H groups in total. The molecule has 0 amide bonds. The highest BCUT2D eigenvalue weighted by Crippen LogP contribution is 2.49. The number of hydrogen-bond donors (Lipinski definition) is 1. The standard InChI is InChI=1S/C10H9BrO3/c11-8-3-1-7(2-4-8)10(5-6-10)14-9(12)13/h1-4H,5-6H2,(H,12,13). The Morgan fingerprint density at radius 2 is 1.93 bits per heavy atom. The first-order valence-corrected chi connectivity index (χ1v) is 5.10. The Morgan fingerprint density at radius 1 is 1.36 bits per heavy atom. The summed E-state index contributed by atoms with van der Waals surface area (Å²) < 4.78 is 5.86. The fourth-order valence-corrected chi connectivity index (χ4v) is 1.75. The minimum absolute atomic E-state index is 0.563. The van der Waals surface area contributed by atoms with Crippen molar-refractivity contribution in [1.82, 2.24) is 0 Å². The van der Waals surface area contributed by atoms with Crippen molar-refractivity contribution in [3.05, 3.63) is 34.3 Å². The Morgan fingerprint density at radius 3 is 2.36 bits per heavy atom. The average Bonchev–Trinajstić information content (AvgIpc) is 2.85. The third-order valence-electron chi connectivity index (χ3n) is 2.36. The highest BCUT2D eigenvalue weighted by atomic mass is 79.9. The van der Waals surface area contributed by atoms with Crippen molar-refractivity contribution in [1.29, 1.82) is 0 Å². The lowest BCUT2D eigenvalue weighted by atomic mass is 10.1. The minimum atomic E-state index is -1.20. The maximum atomic E-state index is 10.5. The van der Waals surface area contributed by atoms with Gasteiger partial charge in [0.05, 0.1) is 0 Å². The fraction of sp³-hybridized carbons (Fsp3) is 0.300. The summed E-state index contributed by atoms with van der Waals surface area (Å²) in [5, 5.41) is 8.57. The van der Waals surface area contributed by atoms with Gasteiger partial charge in [0.25, 0.3) is 0 Å². The number of halogens is 1. The molecule has 0 aliphatic heterocycles. The lowest BCUT2D eigenvalue weighted by molar-refractivity contribution is 0.0375. The first-order valence-electron chi connectivity index (χ1n) is 4.30. The number of ether oxygens (including phenoxy) is 1. The zero-order chi connectivity index (χ0) is 10.2. The van der Waals surface area contributed by atoms with E-state index in [0.717, 1.165) is 22.9 Å². The van der Waals surface area contributed by atoms with E-state index in [1.807, 2.05) is 24.3 Å². The van der Waals surface area contributed by atoms with Crippen LogP contribution < -0.4 is 0 Å². The summed E-state index contributed by atoms with van der Waals surface area (Å²) in [7, 11) is 0. The van der Waals surface area contributed by atoms with Gasteiger partial charge in [0.15, 0.2) is 0 Å². The summed E-state index contributed by atoms with van der Waals surface area (Å²) in [5.41, 5.74) is 0.370. The number of carbonyl (C=O) groups is 1. The Labute approximate surface area is 89.8 Å². The second-order valence-electron chi connectivity index (χ2n) is 3.37. The van der Waals surface area contributed by atoms with E-state index in [2.05, 4.69) is 15.9 Å². The van der Waals surface area contributed by atoms with Crippen LogP contribution in [0.25, 0.3) is 0 Å². The predicted octanol–water partition coefficient (Wildman–Crippen LogP) is 3.13. The van der Waals surface area contributed by atoms with Gasteiger partial charge in [0.2, 0.25) is 0 Å². The first-order chi connectivity index (χ1) is 6.62. The number of hydrogen-bond acceptors (Lipinski definition) is 2. The van der Waals surface area contributed by atoms with E-state index in [4.69, 9.17) is 9.84 Å². The van der Waals surface area contributed by atoms with Crippen LogP contribution in [0.15, 0.2) is 28.7 Å². The van der Waals surface area contributed by atoms with Crippen LogP contribution in [0.4, 0.5) is 4.79 Å². The van der Waals surface area contributed by atoms with Crippen LogP contribution in [-0.2, 0) is 10.3 Å². The van der Waals surface area contributed by atoms with Crippen molar-refractivity contribution in [3.63, 3.8) is 0 Å². The molecule has 0 bridgehead atoms. The molecule has 0 saturated heterocycles. The van der Waals surface area contributed by atoms with Crippen LogP contribution >= 0.6 is 15.9 Å². The Kier molecular flexibility index (Phi) is 2.23. The second-order valence-corrected chi connectivity index (χ2v) is 4.28. The van der Waals surface area contributed by atoms with Crippen molar-refractivity contribution >= 4 is 22.1 Å². The van der Waals surface area contributed by atoms with Gasteiger partial charge in [0.1, 0.15) is 5.60 Å². The maximum absolute atomic E-state index is 10.5. The molecule has 1 aromatic rings. The van der Waals surface area contributed by atoms with Crippen LogP contribution in [0.2, 0.25) is 0 Å². The smallest absolute Gasteiger partial charge is 0.450 e. The summed E-state index contributed by atoms with van der Waals surface area (Å²) in [4.78, 5) is 10.5. The van der Waals surface area contributed by atoms with E-state index in [1.165, 1.54) is 0 Å². The van der Waals surface area contributed by atoms with Crippen molar-refractivity contribution in [2.45, 2.75) is 18.4 Å². The molecule has 1 aromatic carbocycles. The molecule has 0 spiro atoms. The molecule has 1 fully saturated rings. The van der Waals surface area contributed by atoms with Crippen molar-refractivity contribution in [3.8, 4) is 0 Å². The largest absolute Gasteiger partial charge is 0.506 e. The summed E-state index contributed by atoms with van der Waals surface area (Å²) >= 11 is 3.33. The number of rotatable bonds is 2. The molecule has 0 heterocycles. The van der Waals surface area contributed by atoms with E-state index in [1.54, 1.807) is 0 Å². The predicted molar refractivity (Wildman–Crippen MR) is 54.2 cm³/mol. The number of benzene rings is 1. The monoisotopic (exact) mass is 256 g/mol. The van der Waals surface area contributed by atoms with Gasteiger partial charge in [-0.3, -0.25) is 0 Å². The lowest BCUT2D eigenvalue weighted by Crippen LogP contribution is -2.15. The van der Waals surface area contributed by atoms with Crippen LogP contribution in [0.3, 0.4) is 0 Å². The van der Waals surface area contributed by atoms with Gasteiger partial charge in [-0.25, -0.2) is 4.79 Å². The molecular weight excluding hydrogens is 248 g/mol. The zero-order valence-electron chi connectivity index (χ0n) is 7.37. The minimum Gasteiger partial charge on any atom is -0.450 e. The highest BCUT2D eigenvalue weighted by Gasteiger charge is 2.48. The summed E-state index contributed by atoms with van der Waals surface area (Å²) in [6.45, 7) is 0. The van der Waals surface area contributed by atoms with Gasteiger partial charge in [0, 0.05) is 4.47 Å². The van der Waals surface area contributed by atoms with Gasteiger partial charge >= 0.3 is 6.16 Å². The second kappa shape index (κ2) is 3.28. The molecule has 3 nitrogen and oxygen atoms in total. The molecule has 14 heavy (non-hydrogen) atoms. The SMILES string of the molecule is O=C(O)OC1(c2ccc(Br)cc2)CC1. The third kappa shape index (κ3) is 1.75. The Bertz CT molecular complexity index is 354. The van der Waals surface area contributed by atoms with Gasteiger partial charge in [-0.05, 0) is 30.5 Å². The van der Waals surface area contributed by atoms with E-state index >= 15 is 0 Å². The molecule has 0 atom stereocenters. The van der Waals surface area contributed by atoms with Gasteiger partial charge < -0.3 is 9.84 Å². The van der Waals surface area contributed by atoms with Gasteiger partial charge in [-0.2, -0.15) is 0 Å². The van der Waals surface area contributed by atoms with Crippen LogP contribution in [0.1, 0.15) is 18.4 Å². The maximum Gasteiger partial charge on any atom is 0.506 e. The summed E-state index contributed by atoms with van der Waals surface area (Å²) in [5.74, 6) is 0. The number of carboxylic acid groups (broad SMARTS) is 1. The fourth-order valence-electron chi connectivity index (χ4n) is 1.48. The first kappa shape index (κ1) is 9.52. The topological polar surface area (TPSA) is 46.5 Å². The van der Waals surface area contributed by atoms with Crippen molar-refractivity contribution in [2.24, 2.45) is 0 Å². The van der Waals surface area contributed by atoms with Crippen LogP contribution in [0, 0.1) is 0 Å². The molecule has 74 valence electrons. The van der Waals surface area contributed by atoms with Crippen LogP contribution in [0.5, 0.6) is 0 Å². The van der Waals surface area contributed by atoms with E-state index in [0.29, 0.717) is 0 Å². The van der Waals surface area contributed by atoms with Gasteiger partial charge in [-0.1, -0.05) is 28.1 Å². The third-order valence-corrected chi connectivity index (χ3v) is 2.89. The van der Waals surface area contributed by atoms with Crippen LogP contribution in [-0.4, -0.2) is 11.3 Å². The lowest BCUT2D eigenvalue weighted by Gasteiger charge is -2.14. The molecular formula is C10H9BrO3. The van der Waals surface area contributed by atoms with E-state index in [9.17, 15) is 4.79 Å². The highest BCUT2D eigenvalue weighted by molar-refractivity contribution is 9.10. The molecule has 0 unspecified atom stereocenters. The van der Waals surface area contributed by atoms with E-state index in [-0.39, 0.29) is 0 Å². The van der Waals surface area contributed by atoms with E-state index < -0.39 is 11.8 Å². The zero-order valence-corrected chi connectivity index (χ0v) is 8.95. The molecule has 0 radical (unpaired) electrons. The molecule has 0 aromatic heterocycles. The summed E-state index contributed by atoms with van der Waals surface area (Å²) in [6, 6.07) is 7.56. The molecule has 1 aliphatic rings. The Hall–Kier alpha value is -1.03. The molecule has 2 rings (SSSR count). The normalized spacial score (nSPS) is 17.5. The van der Waals surface area contributed by atoms with Gasteiger partial charge in [-0.15, -0.1) is 0 Å². The quantitative estimate of drug-likeness (QED) is 0.828. The van der Waals surface area contributed by atoms with Crippen molar-refractivity contribution < 1.29 is 14.6 Å². The average molecular weight is 257 g/mol. The Balaban J connectivity index is 2.22. The van der Waals surface area contributed by atoms with Crippen molar-refractivity contribution in [2.75, 3.05) is 0 Å². The molecule has 1 saturated carbocycles.